The molecule has 6 nitrogen and oxygen atoms in total. The van der Waals surface area contributed by atoms with E-state index in [-0.39, 0.29) is 18.0 Å². The van der Waals surface area contributed by atoms with Crippen LogP contribution in [0.25, 0.3) is 10.2 Å². The third-order valence-electron chi connectivity index (χ3n) is 4.71. The Morgan fingerprint density at radius 2 is 1.93 bits per heavy atom. The fraction of sp³-hybridized carbons (Fsp3) is 0.381. The molecular formula is C21H26N4O2S. The van der Waals surface area contributed by atoms with Crippen molar-refractivity contribution in [3.63, 3.8) is 0 Å². The molecule has 0 fully saturated rings. The molecule has 0 saturated carbocycles. The fourth-order valence-electron chi connectivity index (χ4n) is 3.13. The van der Waals surface area contributed by atoms with Crippen molar-refractivity contribution >= 4 is 27.5 Å². The summed E-state index contributed by atoms with van der Waals surface area (Å²) < 4.78 is 1.51. The number of benzene rings is 1. The molecule has 3 aromatic rings. The van der Waals surface area contributed by atoms with Gasteiger partial charge < -0.3 is 10.2 Å². The molecule has 3 rings (SSSR count). The number of nitrogens with one attached hydrogen (secondary N) is 1. The van der Waals surface area contributed by atoms with E-state index >= 15 is 0 Å². The molecule has 7 heteroatoms. The number of carbonyl (C=O) groups excluding carboxylic acids is 1. The van der Waals surface area contributed by atoms with Gasteiger partial charge in [-0.2, -0.15) is 0 Å². The highest BCUT2D eigenvalue weighted by Crippen LogP contribution is 2.26. The van der Waals surface area contributed by atoms with Crippen LogP contribution in [0.1, 0.15) is 21.8 Å². The lowest BCUT2D eigenvalue weighted by molar-refractivity contribution is -0.121. The predicted octanol–water partition coefficient (Wildman–Crippen LogP) is 2.50. The van der Waals surface area contributed by atoms with E-state index in [2.05, 4.69) is 5.32 Å². The van der Waals surface area contributed by atoms with Gasteiger partial charge >= 0.3 is 0 Å². The molecule has 1 aromatic carbocycles. The molecule has 28 heavy (non-hydrogen) atoms. The van der Waals surface area contributed by atoms with Crippen LogP contribution in [-0.2, 0) is 24.3 Å². The van der Waals surface area contributed by atoms with E-state index in [0.717, 1.165) is 21.7 Å². The average Bonchev–Trinajstić information content (AvgIpc) is 2.93. The van der Waals surface area contributed by atoms with Crippen molar-refractivity contribution in [2.45, 2.75) is 33.4 Å². The second-order valence-electron chi connectivity index (χ2n) is 7.21. The van der Waals surface area contributed by atoms with Crippen LogP contribution in [-0.4, -0.2) is 41.0 Å². The summed E-state index contributed by atoms with van der Waals surface area (Å²) in [6.45, 7) is 4.94. The first-order valence-corrected chi connectivity index (χ1v) is 10.1. The second-order valence-corrected chi connectivity index (χ2v) is 8.41. The molecule has 1 N–H and O–H groups in total. The van der Waals surface area contributed by atoms with Crippen LogP contribution in [0.4, 0.5) is 0 Å². The SMILES string of the molecule is Cc1sc2nc(CN(C)C)n(CC(=O)NCCc3ccccc3)c(=O)c2c1C. The highest BCUT2D eigenvalue weighted by atomic mass is 32.1. The van der Waals surface area contributed by atoms with Crippen molar-refractivity contribution in [3.8, 4) is 0 Å². The van der Waals surface area contributed by atoms with Gasteiger partial charge in [-0.15, -0.1) is 11.3 Å². The Labute approximate surface area is 168 Å². The van der Waals surface area contributed by atoms with Crippen molar-refractivity contribution in [3.05, 3.63) is 62.5 Å². The minimum atomic E-state index is -0.177. The number of carbonyl (C=O) groups is 1. The van der Waals surface area contributed by atoms with Crippen molar-refractivity contribution in [1.82, 2.24) is 19.8 Å². The Kier molecular flexibility index (Phi) is 6.26. The number of hydrogen-bond acceptors (Lipinski definition) is 5. The molecule has 0 spiro atoms. The summed E-state index contributed by atoms with van der Waals surface area (Å²) in [5.41, 5.74) is 1.98. The van der Waals surface area contributed by atoms with E-state index < -0.39 is 0 Å². The lowest BCUT2D eigenvalue weighted by atomic mass is 10.1. The highest BCUT2D eigenvalue weighted by Gasteiger charge is 2.18. The van der Waals surface area contributed by atoms with E-state index in [4.69, 9.17) is 4.98 Å². The van der Waals surface area contributed by atoms with Crippen molar-refractivity contribution in [1.29, 1.82) is 0 Å². The number of nitrogens with zero attached hydrogens (tertiary/aromatic N) is 3. The van der Waals surface area contributed by atoms with Crippen LogP contribution in [0.2, 0.25) is 0 Å². The Hall–Kier alpha value is -2.51. The van der Waals surface area contributed by atoms with E-state index in [1.54, 1.807) is 0 Å². The van der Waals surface area contributed by atoms with Gasteiger partial charge in [0.15, 0.2) is 0 Å². The van der Waals surface area contributed by atoms with Gasteiger partial charge in [0.05, 0.1) is 11.9 Å². The molecule has 0 saturated heterocycles. The smallest absolute Gasteiger partial charge is 0.263 e. The van der Waals surface area contributed by atoms with Crippen LogP contribution < -0.4 is 10.9 Å². The van der Waals surface area contributed by atoms with Gasteiger partial charge in [-0.25, -0.2) is 4.98 Å². The fourth-order valence-corrected chi connectivity index (χ4v) is 4.17. The summed E-state index contributed by atoms with van der Waals surface area (Å²) in [5, 5.41) is 3.54. The first-order valence-electron chi connectivity index (χ1n) is 9.31. The van der Waals surface area contributed by atoms with Crippen LogP contribution in [0.5, 0.6) is 0 Å². The molecule has 2 aromatic heterocycles. The number of aromatic nitrogens is 2. The van der Waals surface area contributed by atoms with E-state index in [1.807, 2.05) is 63.2 Å². The molecule has 0 unspecified atom stereocenters. The molecule has 148 valence electrons. The maximum absolute atomic E-state index is 13.1. The van der Waals surface area contributed by atoms with Gasteiger partial charge in [0.25, 0.3) is 5.56 Å². The molecule has 0 aliphatic heterocycles. The monoisotopic (exact) mass is 398 g/mol. The minimum Gasteiger partial charge on any atom is -0.354 e. The lowest BCUT2D eigenvalue weighted by Crippen LogP contribution is -2.36. The minimum absolute atomic E-state index is 0.0198. The first-order chi connectivity index (χ1) is 13.4. The third kappa shape index (κ3) is 4.48. The van der Waals surface area contributed by atoms with Crippen LogP contribution in [0.15, 0.2) is 35.1 Å². The van der Waals surface area contributed by atoms with Gasteiger partial charge in [0.1, 0.15) is 17.2 Å². The molecule has 2 heterocycles. The van der Waals surface area contributed by atoms with Gasteiger partial charge in [0, 0.05) is 11.4 Å². The largest absolute Gasteiger partial charge is 0.354 e. The summed E-state index contributed by atoms with van der Waals surface area (Å²) in [5.74, 6) is 0.436. The van der Waals surface area contributed by atoms with Crippen LogP contribution in [0.3, 0.4) is 0 Å². The summed E-state index contributed by atoms with van der Waals surface area (Å²) in [4.78, 5) is 34.1. The van der Waals surface area contributed by atoms with Gasteiger partial charge in [-0.3, -0.25) is 14.2 Å². The van der Waals surface area contributed by atoms with E-state index in [1.165, 1.54) is 21.5 Å². The number of aryl methyl sites for hydroxylation is 2. The van der Waals surface area contributed by atoms with Crippen LogP contribution in [0, 0.1) is 13.8 Å². The molecule has 0 bridgehead atoms. The summed E-state index contributed by atoms with van der Waals surface area (Å²) in [7, 11) is 3.84. The average molecular weight is 399 g/mol. The Bertz CT molecular complexity index is 1040. The van der Waals surface area contributed by atoms with Crippen molar-refractivity contribution < 1.29 is 4.79 Å². The lowest BCUT2D eigenvalue weighted by Gasteiger charge is -2.16. The predicted molar refractivity (Wildman–Crippen MR) is 114 cm³/mol. The second kappa shape index (κ2) is 8.67. The zero-order chi connectivity index (χ0) is 20.3. The zero-order valence-corrected chi connectivity index (χ0v) is 17.6. The Morgan fingerprint density at radius 1 is 1.21 bits per heavy atom. The number of fused-ring (bicyclic) bond motifs is 1. The van der Waals surface area contributed by atoms with Gasteiger partial charge in [-0.1, -0.05) is 30.3 Å². The molecule has 0 aliphatic rings. The molecule has 1 amide bonds. The summed E-state index contributed by atoms with van der Waals surface area (Å²) in [6, 6.07) is 10.0. The van der Waals surface area contributed by atoms with Crippen molar-refractivity contribution in [2.24, 2.45) is 0 Å². The Morgan fingerprint density at radius 3 is 2.61 bits per heavy atom. The quantitative estimate of drug-likeness (QED) is 0.664. The molecule has 0 atom stereocenters. The number of amides is 1. The third-order valence-corrected chi connectivity index (χ3v) is 5.81. The Balaban J connectivity index is 1.81. The van der Waals surface area contributed by atoms with E-state index in [0.29, 0.717) is 24.3 Å². The first kappa shape index (κ1) is 20.2. The standard InChI is InChI=1S/C21H26N4O2S/c1-14-15(2)28-20-19(14)21(27)25(17(23-20)12-24(3)4)13-18(26)22-11-10-16-8-6-5-7-9-16/h5-9H,10-13H2,1-4H3,(H,22,26). The van der Waals surface area contributed by atoms with Crippen molar-refractivity contribution in [2.75, 3.05) is 20.6 Å². The molecule has 0 aliphatic carbocycles. The zero-order valence-electron chi connectivity index (χ0n) is 16.8. The molecule has 0 radical (unpaired) electrons. The normalized spacial score (nSPS) is 11.3. The molecular weight excluding hydrogens is 372 g/mol. The van der Waals surface area contributed by atoms with Crippen LogP contribution >= 0.6 is 11.3 Å². The number of rotatable bonds is 7. The highest BCUT2D eigenvalue weighted by molar-refractivity contribution is 7.18. The topological polar surface area (TPSA) is 67.2 Å². The number of hydrogen-bond donors (Lipinski definition) is 1. The summed E-state index contributed by atoms with van der Waals surface area (Å²) in [6.07, 6.45) is 0.756. The van der Waals surface area contributed by atoms with Gasteiger partial charge in [0.2, 0.25) is 5.91 Å². The maximum atomic E-state index is 13.1. The summed E-state index contributed by atoms with van der Waals surface area (Å²) >= 11 is 1.53. The number of thiophene rings is 1. The van der Waals surface area contributed by atoms with Gasteiger partial charge in [-0.05, 0) is 45.5 Å². The maximum Gasteiger partial charge on any atom is 0.263 e. The van der Waals surface area contributed by atoms with E-state index in [9.17, 15) is 9.59 Å².